The van der Waals surface area contributed by atoms with Crippen LogP contribution in [0.1, 0.15) is 56.8 Å². The second kappa shape index (κ2) is 8.52. The quantitative estimate of drug-likeness (QED) is 0.760. The summed E-state index contributed by atoms with van der Waals surface area (Å²) in [5.41, 5.74) is 1.54. The van der Waals surface area contributed by atoms with E-state index in [4.69, 9.17) is 4.74 Å². The van der Waals surface area contributed by atoms with Gasteiger partial charge in [-0.1, -0.05) is 0 Å². The van der Waals surface area contributed by atoms with Gasteiger partial charge in [0.15, 0.2) is 0 Å². The first-order valence-corrected chi connectivity index (χ1v) is 11.8. The first-order chi connectivity index (χ1) is 13.6. The number of nitrogens with zero attached hydrogens (tertiary/aromatic N) is 1. The van der Waals surface area contributed by atoms with Crippen molar-refractivity contribution in [1.29, 1.82) is 0 Å². The van der Waals surface area contributed by atoms with Crippen LogP contribution in [-0.2, 0) is 10.0 Å². The van der Waals surface area contributed by atoms with Gasteiger partial charge in [0.25, 0.3) is 5.91 Å². The molecule has 1 aliphatic heterocycles. The number of ether oxygens (including phenoxy) is 1. The van der Waals surface area contributed by atoms with Gasteiger partial charge in [-0.15, -0.1) is 0 Å². The Balaban J connectivity index is 1.51. The Labute approximate surface area is 174 Å². The zero-order valence-electron chi connectivity index (χ0n) is 17.8. The van der Waals surface area contributed by atoms with Crippen LogP contribution in [0.3, 0.4) is 0 Å². The maximum Gasteiger partial charge on any atom is 0.257 e. The highest BCUT2D eigenvalue weighted by Crippen LogP contribution is 2.29. The van der Waals surface area contributed by atoms with Gasteiger partial charge < -0.3 is 15.0 Å². The molecule has 0 unspecified atom stereocenters. The number of benzene rings is 1. The molecule has 1 aliphatic carbocycles. The number of nitrogens with one attached hydrogen (secondary N) is 2. The van der Waals surface area contributed by atoms with Crippen LogP contribution in [-0.4, -0.2) is 56.8 Å². The molecule has 29 heavy (non-hydrogen) atoms. The Kier molecular flexibility index (Phi) is 6.43. The van der Waals surface area contributed by atoms with E-state index >= 15 is 0 Å². The van der Waals surface area contributed by atoms with Crippen molar-refractivity contribution in [3.8, 4) is 5.75 Å². The summed E-state index contributed by atoms with van der Waals surface area (Å²) in [6.45, 7) is 7.07. The van der Waals surface area contributed by atoms with Crippen LogP contribution in [0.25, 0.3) is 0 Å². The third-order valence-electron chi connectivity index (χ3n) is 5.81. The van der Waals surface area contributed by atoms with Gasteiger partial charge >= 0.3 is 0 Å². The lowest BCUT2D eigenvalue weighted by Crippen LogP contribution is -2.46. The third-order valence-corrected chi connectivity index (χ3v) is 8.07. The molecule has 0 saturated heterocycles. The number of anilines is 1. The zero-order valence-corrected chi connectivity index (χ0v) is 18.6. The number of fused-ring (bicyclic) bond motifs is 1. The Bertz CT molecular complexity index is 840. The number of hydrogen-bond acceptors (Lipinski definition) is 5. The van der Waals surface area contributed by atoms with Crippen LogP contribution >= 0.6 is 0 Å². The fraction of sp³-hybridized carbons (Fsp3) is 0.667. The first-order valence-electron chi connectivity index (χ1n) is 10.3. The molecule has 2 aliphatic rings. The summed E-state index contributed by atoms with van der Waals surface area (Å²) in [6, 6.07) is 5.66. The monoisotopic (exact) mass is 423 g/mol. The number of carbonyl (C=O) groups excluding carboxylic acids is 1. The lowest BCUT2D eigenvalue weighted by atomic mass is 9.86. The Morgan fingerprint density at radius 2 is 1.86 bits per heavy atom. The van der Waals surface area contributed by atoms with E-state index in [1.165, 1.54) is 0 Å². The number of amides is 1. The number of rotatable bonds is 5. The van der Waals surface area contributed by atoms with E-state index in [1.807, 2.05) is 18.2 Å². The van der Waals surface area contributed by atoms with Crippen molar-refractivity contribution in [2.75, 3.05) is 32.1 Å². The molecular formula is C21H33N3O4S. The topological polar surface area (TPSA) is 87.7 Å². The minimum atomic E-state index is -3.30. The van der Waals surface area contributed by atoms with Crippen LogP contribution < -0.4 is 14.8 Å². The van der Waals surface area contributed by atoms with Gasteiger partial charge in [-0.2, -0.15) is 0 Å². The summed E-state index contributed by atoms with van der Waals surface area (Å²) in [6.07, 6.45) is 3.68. The van der Waals surface area contributed by atoms with Crippen LogP contribution in [0.4, 0.5) is 5.69 Å². The molecule has 3 rings (SSSR count). The van der Waals surface area contributed by atoms with E-state index in [2.05, 4.69) is 10.0 Å². The summed E-state index contributed by atoms with van der Waals surface area (Å²) in [5, 5.41) is 3.45. The van der Waals surface area contributed by atoms with E-state index in [9.17, 15) is 13.2 Å². The number of hydrogen-bond donors (Lipinski definition) is 2. The van der Waals surface area contributed by atoms with E-state index in [0.29, 0.717) is 30.4 Å². The van der Waals surface area contributed by atoms with Crippen LogP contribution in [0.2, 0.25) is 0 Å². The molecule has 1 aromatic rings. The Hall–Kier alpha value is -1.80. The molecule has 162 valence electrons. The minimum absolute atomic E-state index is 0.0138. The third kappa shape index (κ3) is 5.22. The fourth-order valence-corrected chi connectivity index (χ4v) is 4.70. The molecule has 0 aromatic heterocycles. The van der Waals surface area contributed by atoms with Gasteiger partial charge in [-0.25, -0.2) is 13.1 Å². The van der Waals surface area contributed by atoms with Crippen molar-refractivity contribution in [2.45, 2.75) is 57.2 Å². The maximum atomic E-state index is 12.3. The van der Waals surface area contributed by atoms with E-state index < -0.39 is 14.8 Å². The van der Waals surface area contributed by atoms with Crippen LogP contribution in [0.5, 0.6) is 5.75 Å². The lowest BCUT2D eigenvalue weighted by Gasteiger charge is -2.31. The fourth-order valence-electron chi connectivity index (χ4n) is 3.67. The molecule has 0 atom stereocenters. The van der Waals surface area contributed by atoms with Crippen molar-refractivity contribution in [2.24, 2.45) is 5.92 Å². The summed E-state index contributed by atoms with van der Waals surface area (Å²) in [5.74, 6) is 1.11. The van der Waals surface area contributed by atoms with E-state index in [-0.39, 0.29) is 11.9 Å². The summed E-state index contributed by atoms with van der Waals surface area (Å²) in [4.78, 5) is 14.0. The predicted molar refractivity (Wildman–Crippen MR) is 115 cm³/mol. The van der Waals surface area contributed by atoms with Gasteiger partial charge in [0.2, 0.25) is 10.0 Å². The van der Waals surface area contributed by atoms with Crippen molar-refractivity contribution >= 4 is 21.6 Å². The smallest absolute Gasteiger partial charge is 0.257 e. The summed E-state index contributed by atoms with van der Waals surface area (Å²) < 4.78 is 32.5. The van der Waals surface area contributed by atoms with Gasteiger partial charge in [-0.3, -0.25) is 4.79 Å². The van der Waals surface area contributed by atoms with Crippen LogP contribution in [0.15, 0.2) is 18.2 Å². The van der Waals surface area contributed by atoms with E-state index in [1.54, 1.807) is 32.7 Å². The summed E-state index contributed by atoms with van der Waals surface area (Å²) >= 11 is 0. The average molecular weight is 424 g/mol. The SMILES string of the molecule is CN1CCOc2cc(NC[C@H]3CC[C@H](NS(=O)(=O)C(C)(C)C)CC3)ccc2C1=O. The molecular weight excluding hydrogens is 390 g/mol. The highest BCUT2D eigenvalue weighted by Gasteiger charge is 2.32. The van der Waals surface area contributed by atoms with Crippen molar-refractivity contribution in [3.05, 3.63) is 23.8 Å². The second-order valence-corrected chi connectivity index (χ2v) is 11.6. The predicted octanol–water partition coefficient (Wildman–Crippen LogP) is 2.84. The van der Waals surface area contributed by atoms with Gasteiger partial charge in [-0.05, 0) is 64.5 Å². The summed E-state index contributed by atoms with van der Waals surface area (Å²) in [7, 11) is -1.52. The Morgan fingerprint density at radius 3 is 2.52 bits per heavy atom. The molecule has 0 radical (unpaired) electrons. The van der Waals surface area contributed by atoms with Crippen molar-refractivity contribution in [1.82, 2.24) is 9.62 Å². The second-order valence-electron chi connectivity index (χ2n) is 9.12. The molecule has 1 heterocycles. The van der Waals surface area contributed by atoms with E-state index in [0.717, 1.165) is 37.9 Å². The molecule has 1 aromatic carbocycles. The zero-order chi connectivity index (χ0) is 21.2. The molecule has 1 saturated carbocycles. The molecule has 0 spiro atoms. The van der Waals surface area contributed by atoms with Crippen molar-refractivity contribution in [3.63, 3.8) is 0 Å². The molecule has 8 heteroatoms. The molecule has 0 bridgehead atoms. The molecule has 2 N–H and O–H groups in total. The highest BCUT2D eigenvalue weighted by molar-refractivity contribution is 7.90. The molecule has 1 amide bonds. The molecule has 1 fully saturated rings. The number of carbonyl (C=O) groups is 1. The van der Waals surface area contributed by atoms with Gasteiger partial charge in [0, 0.05) is 31.4 Å². The Morgan fingerprint density at radius 1 is 1.17 bits per heavy atom. The van der Waals surface area contributed by atoms with Crippen LogP contribution in [0, 0.1) is 5.92 Å². The first kappa shape index (κ1) is 21.9. The minimum Gasteiger partial charge on any atom is -0.491 e. The standard InChI is InChI=1S/C21H33N3O4S/c1-21(2,3)29(26,27)23-16-7-5-15(6-8-16)14-22-17-9-10-18-19(13-17)28-12-11-24(4)20(18)25/h9-10,13,15-16,22-23H,5-8,11-12,14H2,1-4H3/t15-,16-. The normalized spacial score (nSPS) is 23.2. The highest BCUT2D eigenvalue weighted by atomic mass is 32.2. The number of sulfonamides is 1. The maximum absolute atomic E-state index is 12.3. The van der Waals surface area contributed by atoms with Crippen molar-refractivity contribution < 1.29 is 17.9 Å². The molecule has 7 nitrogen and oxygen atoms in total. The largest absolute Gasteiger partial charge is 0.491 e. The lowest BCUT2D eigenvalue weighted by molar-refractivity contribution is 0.0796. The van der Waals surface area contributed by atoms with Gasteiger partial charge in [0.05, 0.1) is 16.9 Å². The van der Waals surface area contributed by atoms with Gasteiger partial charge in [0.1, 0.15) is 12.4 Å². The number of likely N-dealkylation sites (N-methyl/N-ethyl adjacent to an activating group) is 1. The average Bonchev–Trinajstić information content (AvgIpc) is 2.79.